The summed E-state index contributed by atoms with van der Waals surface area (Å²) < 4.78 is 43.6. The van der Waals surface area contributed by atoms with E-state index in [-0.39, 0.29) is 10.8 Å². The first-order valence-electron chi connectivity index (χ1n) is 20.1. The molecule has 58 heavy (non-hydrogen) atoms. The van der Waals surface area contributed by atoms with Gasteiger partial charge < -0.3 is 0 Å². The second-order valence-corrected chi connectivity index (χ2v) is 24.3. The summed E-state index contributed by atoms with van der Waals surface area (Å²) in [7, 11) is -6.48. The predicted octanol–water partition coefficient (Wildman–Crippen LogP) is 15.0. The second kappa shape index (κ2) is 12.3. The molecule has 0 unspecified atom stereocenters. The van der Waals surface area contributed by atoms with Gasteiger partial charge in [0, 0.05) is 33.4 Å². The summed E-state index contributed by atoms with van der Waals surface area (Å²) in [4.78, 5) is 0. The topological polar surface area (TPSA) is 55.4 Å². The molecule has 0 aliphatic carbocycles. The van der Waals surface area contributed by atoms with E-state index in [0.717, 1.165) is 79.0 Å². The molecule has 4 aliphatic heterocycles. The van der Waals surface area contributed by atoms with Crippen LogP contribution in [0.1, 0.15) is 91.5 Å². The highest BCUT2D eigenvalue weighted by Gasteiger charge is 2.74. The fraction of sp³-hybridized carbons (Fsp3) is 0.280. The number of benzene rings is 6. The Morgan fingerprint density at radius 1 is 0.362 bits per heavy atom. The van der Waals surface area contributed by atoms with Crippen molar-refractivity contribution in [1.29, 1.82) is 0 Å². The zero-order chi connectivity index (χ0) is 40.6. The van der Waals surface area contributed by atoms with E-state index in [1.54, 1.807) is 0 Å². The van der Waals surface area contributed by atoms with Crippen LogP contribution in [0.3, 0.4) is 0 Å². The van der Waals surface area contributed by atoms with E-state index >= 15 is 0 Å². The lowest BCUT2D eigenvalue weighted by atomic mass is 9.79. The first kappa shape index (κ1) is 37.3. The van der Waals surface area contributed by atoms with Crippen LogP contribution < -0.4 is 27.1 Å². The normalized spacial score (nSPS) is 18.2. The fourth-order valence-electron chi connectivity index (χ4n) is 8.55. The van der Waals surface area contributed by atoms with Gasteiger partial charge in [0.15, 0.2) is 34.5 Å². The van der Waals surface area contributed by atoms with Gasteiger partial charge >= 0.3 is 15.9 Å². The fourth-order valence-corrected chi connectivity index (χ4v) is 13.6. The van der Waals surface area contributed by atoms with Crippen molar-refractivity contribution in [1.82, 2.24) is 0 Å². The van der Waals surface area contributed by atoms with E-state index < -0.39 is 26.2 Å². The Labute approximate surface area is 343 Å². The van der Waals surface area contributed by atoms with Gasteiger partial charge in [0.25, 0.3) is 0 Å². The summed E-state index contributed by atoms with van der Waals surface area (Å²) in [6, 6.07) is 41.8. The highest BCUT2D eigenvalue weighted by Crippen LogP contribution is 2.83. The van der Waals surface area contributed by atoms with Crippen molar-refractivity contribution in [3.05, 3.63) is 144 Å². The van der Waals surface area contributed by atoms with E-state index in [9.17, 15) is 0 Å². The molecule has 0 aromatic heterocycles. The van der Waals surface area contributed by atoms with Crippen LogP contribution in [0.2, 0.25) is 0 Å². The SMILES string of the molecule is CC(C)(C)c1cc(-c2cc(C(C)(C)C)cc3c2O[P+]2(Oc4ccccc4-c4ccccc4O2)C3(C)C)c2c(c1)C(C)(C)[P+]1(Oc3ccccc3-c3ccccc3O1)O2. The second-order valence-electron chi connectivity index (χ2n) is 18.9. The molecule has 0 amide bonds. The maximum absolute atomic E-state index is 7.44. The molecular formula is C50H50O6P2+2. The van der Waals surface area contributed by atoms with Gasteiger partial charge in [0.1, 0.15) is 0 Å². The first-order chi connectivity index (χ1) is 27.4. The number of fused-ring (bicyclic) bond motifs is 8. The van der Waals surface area contributed by atoms with Crippen molar-refractivity contribution in [2.45, 2.75) is 90.4 Å². The lowest BCUT2D eigenvalue weighted by Gasteiger charge is -2.27. The van der Waals surface area contributed by atoms with Crippen molar-refractivity contribution in [3.63, 3.8) is 0 Å². The van der Waals surface area contributed by atoms with Crippen LogP contribution in [-0.4, -0.2) is 0 Å². The summed E-state index contributed by atoms with van der Waals surface area (Å²) in [5.74, 6) is 4.47. The molecule has 4 aliphatic rings. The lowest BCUT2D eigenvalue weighted by Crippen LogP contribution is -2.27. The first-order valence-corrected chi connectivity index (χ1v) is 23.2. The van der Waals surface area contributed by atoms with Crippen LogP contribution in [0, 0.1) is 0 Å². The zero-order valence-corrected chi connectivity index (χ0v) is 36.7. The highest BCUT2D eigenvalue weighted by molar-refractivity contribution is 7.64. The molecule has 0 fully saturated rings. The zero-order valence-electron chi connectivity index (χ0n) is 34.9. The lowest BCUT2D eigenvalue weighted by molar-refractivity contribution is 0.345. The van der Waals surface area contributed by atoms with Crippen LogP contribution in [0.15, 0.2) is 121 Å². The van der Waals surface area contributed by atoms with Crippen LogP contribution in [0.5, 0.6) is 34.5 Å². The minimum absolute atomic E-state index is 0.196. The van der Waals surface area contributed by atoms with Gasteiger partial charge in [-0.1, -0.05) is 114 Å². The monoisotopic (exact) mass is 808 g/mol. The van der Waals surface area contributed by atoms with E-state index in [1.807, 2.05) is 72.8 Å². The standard InChI is InChI=1S/C50H50O6P2/c1-47(2,3)31-27-37(45-39(29-31)49(7,8)57(55-45)51-41-23-15-11-19-33(41)34-20-12-16-24-42(34)52-57)38-28-32(48(4,5)6)30-40-46(38)56-58(50(40,9)10)53-43-25-17-13-21-35(43)36-22-14-18-26-44(36)54-58/h11-30H,1-10H3/q+2. The molecule has 0 atom stereocenters. The van der Waals surface area contributed by atoms with Gasteiger partial charge in [0.05, 0.1) is 11.1 Å². The smallest absolute Gasteiger partial charge is 0.270 e. The quantitative estimate of drug-likeness (QED) is 0.154. The molecule has 0 saturated carbocycles. The molecule has 294 valence electrons. The third-order valence-corrected chi connectivity index (χ3v) is 18.1. The molecular weight excluding hydrogens is 758 g/mol. The Morgan fingerprint density at radius 3 is 0.914 bits per heavy atom. The van der Waals surface area contributed by atoms with Gasteiger partial charge in [0.2, 0.25) is 10.3 Å². The van der Waals surface area contributed by atoms with Gasteiger partial charge in [-0.25, -0.2) is 0 Å². The Hall–Kier alpha value is -5.02. The Balaban J connectivity index is 1.22. The maximum atomic E-state index is 7.44. The average molecular weight is 809 g/mol. The van der Waals surface area contributed by atoms with Crippen molar-refractivity contribution in [2.24, 2.45) is 0 Å². The Kier molecular flexibility index (Phi) is 7.88. The highest BCUT2D eigenvalue weighted by atomic mass is 31.2. The predicted molar refractivity (Wildman–Crippen MR) is 237 cm³/mol. The number of hydrogen-bond donors (Lipinski definition) is 0. The molecule has 4 heterocycles. The third kappa shape index (κ3) is 5.30. The van der Waals surface area contributed by atoms with Gasteiger partial charge in [-0.3, -0.25) is 27.1 Å². The molecule has 0 radical (unpaired) electrons. The summed E-state index contributed by atoms with van der Waals surface area (Å²) in [6.45, 7) is 22.4. The van der Waals surface area contributed by atoms with Gasteiger partial charge in [-0.2, -0.15) is 0 Å². The summed E-state index contributed by atoms with van der Waals surface area (Å²) >= 11 is 0. The number of para-hydroxylation sites is 4. The average Bonchev–Trinajstić information content (AvgIpc) is 3.36. The molecule has 6 aromatic carbocycles. The summed E-state index contributed by atoms with van der Waals surface area (Å²) in [5, 5.41) is -1.36. The molecule has 10 rings (SSSR count). The molecule has 6 nitrogen and oxygen atoms in total. The van der Waals surface area contributed by atoms with Crippen molar-refractivity contribution >= 4 is 15.9 Å². The molecule has 2 spiro atoms. The molecule has 6 aromatic rings. The van der Waals surface area contributed by atoms with E-state index in [4.69, 9.17) is 27.1 Å². The Bertz CT molecular complexity index is 2400. The summed E-state index contributed by atoms with van der Waals surface area (Å²) in [5.41, 5.74) is 9.82. The molecule has 0 saturated heterocycles. The Morgan fingerprint density at radius 2 is 0.638 bits per heavy atom. The molecule has 0 bridgehead atoms. The number of hydrogen-bond acceptors (Lipinski definition) is 6. The minimum atomic E-state index is -3.24. The van der Waals surface area contributed by atoms with E-state index in [1.165, 1.54) is 11.1 Å². The number of rotatable bonds is 1. The van der Waals surface area contributed by atoms with Crippen LogP contribution in [-0.2, 0) is 21.1 Å². The van der Waals surface area contributed by atoms with E-state index in [2.05, 4.69) is 118 Å². The summed E-state index contributed by atoms with van der Waals surface area (Å²) in [6.07, 6.45) is 0. The van der Waals surface area contributed by atoms with Crippen LogP contribution in [0.25, 0.3) is 33.4 Å². The van der Waals surface area contributed by atoms with Crippen LogP contribution >= 0.6 is 15.9 Å². The minimum Gasteiger partial charge on any atom is -0.270 e. The largest absolute Gasteiger partial charge is 0.552 e. The van der Waals surface area contributed by atoms with Crippen molar-refractivity contribution in [3.8, 4) is 67.9 Å². The molecule has 0 N–H and O–H groups in total. The van der Waals surface area contributed by atoms with Crippen LogP contribution in [0.4, 0.5) is 0 Å². The van der Waals surface area contributed by atoms with Crippen molar-refractivity contribution in [2.75, 3.05) is 0 Å². The van der Waals surface area contributed by atoms with Gasteiger partial charge in [-0.15, -0.1) is 0 Å². The molecule has 8 heteroatoms. The van der Waals surface area contributed by atoms with Gasteiger partial charge in [-0.05, 0) is 98.2 Å². The maximum Gasteiger partial charge on any atom is 0.552 e. The third-order valence-electron chi connectivity index (χ3n) is 12.3. The van der Waals surface area contributed by atoms with Crippen molar-refractivity contribution < 1.29 is 27.1 Å². The van der Waals surface area contributed by atoms with E-state index in [0.29, 0.717) is 0 Å².